The summed E-state index contributed by atoms with van der Waals surface area (Å²) in [5, 5.41) is 0.173. The van der Waals surface area contributed by atoms with Gasteiger partial charge in [-0.3, -0.25) is 0 Å². The molecule has 106 valence electrons. The summed E-state index contributed by atoms with van der Waals surface area (Å²) in [4.78, 5) is 0. The van der Waals surface area contributed by atoms with Gasteiger partial charge in [-0.05, 0) is 40.1 Å². The minimum Gasteiger partial charge on any atom is -0.543 e. The number of benzene rings is 1. The summed E-state index contributed by atoms with van der Waals surface area (Å²) in [5.41, 5.74) is 0. The van der Waals surface area contributed by atoms with Gasteiger partial charge in [-0.1, -0.05) is 20.8 Å². The van der Waals surface area contributed by atoms with Crippen molar-refractivity contribution in [2.24, 2.45) is 0 Å². The van der Waals surface area contributed by atoms with Crippen LogP contribution in [0.4, 0.5) is 0 Å². The van der Waals surface area contributed by atoms with Gasteiger partial charge in [-0.25, -0.2) is 0 Å². The summed E-state index contributed by atoms with van der Waals surface area (Å²) in [6.45, 7) is 12.3. The fraction of sp³-hybridized carbons (Fsp3) is 0.571. The monoisotopic (exact) mass is 344 g/mol. The molecule has 0 saturated heterocycles. The van der Waals surface area contributed by atoms with E-state index in [-0.39, 0.29) is 5.04 Å². The van der Waals surface area contributed by atoms with Crippen molar-refractivity contribution >= 4 is 24.2 Å². The Labute approximate surface area is 124 Å². The molecule has 1 aliphatic heterocycles. The van der Waals surface area contributed by atoms with Crippen molar-refractivity contribution in [3.63, 3.8) is 0 Å². The Morgan fingerprint density at radius 2 is 1.79 bits per heavy atom. The molecule has 0 radical (unpaired) electrons. The predicted octanol–water partition coefficient (Wildman–Crippen LogP) is 4.60. The first-order valence-corrected chi connectivity index (χ1v) is 10.2. The molecule has 1 aromatic carbocycles. The predicted molar refractivity (Wildman–Crippen MR) is 83.0 cm³/mol. The van der Waals surface area contributed by atoms with Crippen molar-refractivity contribution in [3.8, 4) is 17.2 Å². The Balaban J connectivity index is 2.30. The maximum Gasteiger partial charge on any atom is 0.250 e. The summed E-state index contributed by atoms with van der Waals surface area (Å²) in [5.74, 6) is 2.38. The molecule has 1 aromatic rings. The Morgan fingerprint density at radius 1 is 1.16 bits per heavy atom. The Bertz CT molecular complexity index is 480. The van der Waals surface area contributed by atoms with Crippen molar-refractivity contribution in [3.05, 3.63) is 16.6 Å². The maximum atomic E-state index is 6.29. The number of hydrogen-bond donors (Lipinski definition) is 0. The zero-order valence-electron chi connectivity index (χ0n) is 12.2. The molecular formula is C14H21BrO3Si. The third-order valence-corrected chi connectivity index (χ3v) is 8.70. The van der Waals surface area contributed by atoms with E-state index >= 15 is 0 Å². The summed E-state index contributed by atoms with van der Waals surface area (Å²) in [6.07, 6.45) is 0. The molecule has 1 heterocycles. The molecule has 3 nitrogen and oxygen atoms in total. The molecule has 0 amide bonds. The Hall–Kier alpha value is -0.683. The van der Waals surface area contributed by atoms with Crippen LogP contribution in [0.15, 0.2) is 16.6 Å². The molecule has 0 saturated carbocycles. The highest BCUT2D eigenvalue weighted by Crippen LogP contribution is 2.43. The standard InChI is InChI=1S/C14H21BrO3Si/c1-14(2,3)19(4,5)18-10-8-11(15)13-12(9-10)16-6-7-17-13/h8-9H,6-7H2,1-5H3. The molecule has 0 aromatic heterocycles. The van der Waals surface area contributed by atoms with Crippen LogP contribution < -0.4 is 13.9 Å². The van der Waals surface area contributed by atoms with Crippen LogP contribution in [0.2, 0.25) is 18.1 Å². The van der Waals surface area contributed by atoms with E-state index in [2.05, 4.69) is 49.8 Å². The van der Waals surface area contributed by atoms with E-state index in [1.807, 2.05) is 12.1 Å². The van der Waals surface area contributed by atoms with Crippen molar-refractivity contribution in [1.82, 2.24) is 0 Å². The van der Waals surface area contributed by atoms with Gasteiger partial charge in [-0.15, -0.1) is 0 Å². The van der Waals surface area contributed by atoms with Crippen molar-refractivity contribution in [1.29, 1.82) is 0 Å². The van der Waals surface area contributed by atoms with E-state index in [0.717, 1.165) is 21.7 Å². The lowest BCUT2D eigenvalue weighted by Crippen LogP contribution is -2.43. The average molecular weight is 345 g/mol. The number of ether oxygens (including phenoxy) is 2. The lowest BCUT2D eigenvalue weighted by molar-refractivity contribution is 0.170. The molecule has 0 aliphatic carbocycles. The van der Waals surface area contributed by atoms with Gasteiger partial charge in [0.2, 0.25) is 8.32 Å². The Kier molecular flexibility index (Phi) is 3.89. The molecule has 0 fully saturated rings. The first-order chi connectivity index (χ1) is 8.71. The van der Waals surface area contributed by atoms with Crippen LogP contribution in [0.1, 0.15) is 20.8 Å². The minimum atomic E-state index is -1.83. The van der Waals surface area contributed by atoms with Crippen molar-refractivity contribution in [2.75, 3.05) is 13.2 Å². The number of rotatable bonds is 2. The molecule has 5 heteroatoms. The molecule has 0 spiro atoms. The summed E-state index contributed by atoms with van der Waals surface area (Å²) < 4.78 is 18.4. The van der Waals surface area contributed by atoms with Crippen LogP contribution in [-0.2, 0) is 0 Å². The maximum absolute atomic E-state index is 6.29. The van der Waals surface area contributed by atoms with Crippen molar-refractivity contribution < 1.29 is 13.9 Å². The van der Waals surface area contributed by atoms with Crippen molar-refractivity contribution in [2.45, 2.75) is 38.9 Å². The first kappa shape index (κ1) is 14.7. The van der Waals surface area contributed by atoms with Gasteiger partial charge < -0.3 is 13.9 Å². The largest absolute Gasteiger partial charge is 0.543 e. The highest BCUT2D eigenvalue weighted by atomic mass is 79.9. The van der Waals surface area contributed by atoms with E-state index in [1.165, 1.54) is 0 Å². The first-order valence-electron chi connectivity index (χ1n) is 6.49. The minimum absolute atomic E-state index is 0.173. The van der Waals surface area contributed by atoms with Gasteiger partial charge >= 0.3 is 0 Å². The van der Waals surface area contributed by atoms with Gasteiger partial charge in [0.25, 0.3) is 0 Å². The van der Waals surface area contributed by atoms with Crippen LogP contribution in [0, 0.1) is 0 Å². The normalized spacial score (nSPS) is 15.3. The van der Waals surface area contributed by atoms with E-state index in [0.29, 0.717) is 13.2 Å². The zero-order valence-corrected chi connectivity index (χ0v) is 14.8. The van der Waals surface area contributed by atoms with Crippen LogP contribution >= 0.6 is 15.9 Å². The van der Waals surface area contributed by atoms with Gasteiger partial charge in [0, 0.05) is 6.07 Å². The highest BCUT2D eigenvalue weighted by molar-refractivity contribution is 9.10. The van der Waals surface area contributed by atoms with E-state index < -0.39 is 8.32 Å². The fourth-order valence-corrected chi connectivity index (χ4v) is 3.14. The highest BCUT2D eigenvalue weighted by Gasteiger charge is 2.39. The van der Waals surface area contributed by atoms with Crippen LogP contribution in [0.3, 0.4) is 0 Å². The average Bonchev–Trinajstić information content (AvgIpc) is 2.27. The molecule has 0 bridgehead atoms. The van der Waals surface area contributed by atoms with Gasteiger partial charge in [0.05, 0.1) is 4.47 Å². The van der Waals surface area contributed by atoms with Crippen LogP contribution in [-0.4, -0.2) is 21.5 Å². The van der Waals surface area contributed by atoms with E-state index in [1.54, 1.807) is 0 Å². The Morgan fingerprint density at radius 3 is 2.42 bits per heavy atom. The number of fused-ring (bicyclic) bond motifs is 1. The summed E-state index contributed by atoms with van der Waals surface area (Å²) in [7, 11) is -1.83. The summed E-state index contributed by atoms with van der Waals surface area (Å²) in [6, 6.07) is 3.90. The summed E-state index contributed by atoms with van der Waals surface area (Å²) >= 11 is 3.52. The number of hydrogen-bond acceptors (Lipinski definition) is 3. The third-order valence-electron chi connectivity index (χ3n) is 3.75. The second kappa shape index (κ2) is 5.02. The van der Waals surface area contributed by atoms with Gasteiger partial charge in [-0.2, -0.15) is 0 Å². The van der Waals surface area contributed by atoms with Gasteiger partial charge in [0.1, 0.15) is 19.0 Å². The molecular weight excluding hydrogens is 324 g/mol. The molecule has 0 atom stereocenters. The SMILES string of the molecule is CC(C)(C)[Si](C)(C)Oc1cc(Br)c2c(c1)OCCO2. The second-order valence-electron chi connectivity index (χ2n) is 6.29. The molecule has 0 unspecified atom stereocenters. The van der Waals surface area contributed by atoms with Crippen LogP contribution in [0.25, 0.3) is 0 Å². The lowest BCUT2D eigenvalue weighted by atomic mass is 10.2. The lowest BCUT2D eigenvalue weighted by Gasteiger charge is -2.36. The smallest absolute Gasteiger partial charge is 0.250 e. The third kappa shape index (κ3) is 3.08. The quantitative estimate of drug-likeness (QED) is 0.733. The van der Waals surface area contributed by atoms with Gasteiger partial charge in [0.15, 0.2) is 11.5 Å². The number of halogens is 1. The zero-order chi connectivity index (χ0) is 14.3. The van der Waals surface area contributed by atoms with E-state index in [4.69, 9.17) is 13.9 Å². The second-order valence-corrected chi connectivity index (χ2v) is 11.9. The topological polar surface area (TPSA) is 27.7 Å². The molecule has 1 aliphatic rings. The van der Waals surface area contributed by atoms with E-state index in [9.17, 15) is 0 Å². The van der Waals surface area contributed by atoms with Crippen LogP contribution in [0.5, 0.6) is 17.2 Å². The molecule has 2 rings (SSSR count). The molecule has 0 N–H and O–H groups in total. The molecule has 19 heavy (non-hydrogen) atoms. The fourth-order valence-electron chi connectivity index (χ4n) is 1.59.